The second-order valence-corrected chi connectivity index (χ2v) is 7.35. The number of nitrogens with zero attached hydrogens (tertiary/aromatic N) is 1. The first-order valence-electron chi connectivity index (χ1n) is 8.12. The highest BCUT2D eigenvalue weighted by Crippen LogP contribution is 2.23. The predicted molar refractivity (Wildman–Crippen MR) is 89.7 cm³/mol. The van der Waals surface area contributed by atoms with E-state index in [1.165, 1.54) is 0 Å². The van der Waals surface area contributed by atoms with E-state index in [0.29, 0.717) is 12.5 Å². The molecule has 4 nitrogen and oxygen atoms in total. The lowest BCUT2D eigenvalue weighted by Gasteiger charge is -2.34. The Kier molecular flexibility index (Phi) is 5.46. The van der Waals surface area contributed by atoms with Crippen LogP contribution in [0.4, 0.5) is 5.69 Å². The maximum Gasteiger partial charge on any atom is 0.223 e. The average molecular weight is 304 g/mol. The SMILES string of the molecule is CC(C)(C)CC(=O)N1CCC(Nc2ccccc2CO)CC1. The minimum Gasteiger partial charge on any atom is -0.392 e. The molecule has 0 radical (unpaired) electrons. The van der Waals surface area contributed by atoms with Gasteiger partial charge < -0.3 is 15.3 Å². The Balaban J connectivity index is 1.86. The van der Waals surface area contributed by atoms with Crippen LogP contribution < -0.4 is 5.32 Å². The van der Waals surface area contributed by atoms with Gasteiger partial charge in [0.1, 0.15) is 0 Å². The molecule has 0 saturated carbocycles. The second kappa shape index (κ2) is 7.14. The van der Waals surface area contributed by atoms with Gasteiger partial charge in [0, 0.05) is 36.8 Å². The number of anilines is 1. The number of likely N-dealkylation sites (tertiary alicyclic amines) is 1. The fraction of sp³-hybridized carbons (Fsp3) is 0.611. The highest BCUT2D eigenvalue weighted by atomic mass is 16.3. The maximum atomic E-state index is 12.3. The third-order valence-electron chi connectivity index (χ3n) is 4.08. The normalized spacial score (nSPS) is 16.6. The summed E-state index contributed by atoms with van der Waals surface area (Å²) in [4.78, 5) is 14.2. The number of aliphatic hydroxyl groups excluding tert-OH is 1. The molecular formula is C18H28N2O2. The van der Waals surface area contributed by atoms with E-state index >= 15 is 0 Å². The van der Waals surface area contributed by atoms with Gasteiger partial charge in [0.2, 0.25) is 5.91 Å². The molecule has 1 saturated heterocycles. The van der Waals surface area contributed by atoms with Crippen molar-refractivity contribution < 1.29 is 9.90 Å². The van der Waals surface area contributed by atoms with Crippen molar-refractivity contribution in [2.75, 3.05) is 18.4 Å². The van der Waals surface area contributed by atoms with Gasteiger partial charge in [0.25, 0.3) is 0 Å². The molecule has 0 aliphatic carbocycles. The highest BCUT2D eigenvalue weighted by molar-refractivity contribution is 5.77. The van der Waals surface area contributed by atoms with Crippen LogP contribution in [0, 0.1) is 5.41 Å². The zero-order valence-electron chi connectivity index (χ0n) is 13.9. The van der Waals surface area contributed by atoms with E-state index in [1.807, 2.05) is 29.2 Å². The molecule has 4 heteroatoms. The lowest BCUT2D eigenvalue weighted by molar-refractivity contribution is -0.134. The van der Waals surface area contributed by atoms with Gasteiger partial charge in [-0.1, -0.05) is 39.0 Å². The monoisotopic (exact) mass is 304 g/mol. The first kappa shape index (κ1) is 16.8. The summed E-state index contributed by atoms with van der Waals surface area (Å²) in [6.45, 7) is 7.98. The van der Waals surface area contributed by atoms with Crippen LogP contribution in [0.3, 0.4) is 0 Å². The number of nitrogens with one attached hydrogen (secondary N) is 1. The summed E-state index contributed by atoms with van der Waals surface area (Å²) in [5, 5.41) is 12.9. The largest absolute Gasteiger partial charge is 0.392 e. The van der Waals surface area contributed by atoms with Gasteiger partial charge in [-0.15, -0.1) is 0 Å². The van der Waals surface area contributed by atoms with E-state index < -0.39 is 0 Å². The molecule has 122 valence electrons. The van der Waals surface area contributed by atoms with Crippen molar-refractivity contribution in [1.82, 2.24) is 4.90 Å². The number of hydrogen-bond donors (Lipinski definition) is 2. The van der Waals surface area contributed by atoms with Crippen molar-refractivity contribution in [1.29, 1.82) is 0 Å². The maximum absolute atomic E-state index is 12.3. The molecule has 0 spiro atoms. The first-order valence-corrected chi connectivity index (χ1v) is 8.12. The van der Waals surface area contributed by atoms with E-state index in [1.54, 1.807) is 0 Å². The van der Waals surface area contributed by atoms with Crippen LogP contribution in [0.5, 0.6) is 0 Å². The van der Waals surface area contributed by atoms with Gasteiger partial charge >= 0.3 is 0 Å². The van der Waals surface area contributed by atoms with Crippen molar-refractivity contribution in [2.45, 2.75) is 52.7 Å². The number of aliphatic hydroxyl groups is 1. The van der Waals surface area contributed by atoms with Crippen molar-refractivity contribution in [2.24, 2.45) is 5.41 Å². The summed E-state index contributed by atoms with van der Waals surface area (Å²) in [5.41, 5.74) is 1.98. The standard InChI is InChI=1S/C18H28N2O2/c1-18(2,3)12-17(22)20-10-8-15(9-11-20)19-16-7-5-4-6-14(16)13-21/h4-7,15,19,21H,8-13H2,1-3H3. The molecule has 0 bridgehead atoms. The Morgan fingerprint density at radius 1 is 1.27 bits per heavy atom. The number of benzene rings is 1. The zero-order chi connectivity index (χ0) is 16.2. The van der Waals surface area contributed by atoms with Gasteiger partial charge in [0.15, 0.2) is 0 Å². The summed E-state index contributed by atoms with van der Waals surface area (Å²) in [7, 11) is 0. The van der Waals surface area contributed by atoms with Crippen molar-refractivity contribution >= 4 is 11.6 Å². The van der Waals surface area contributed by atoms with Crippen molar-refractivity contribution in [3.63, 3.8) is 0 Å². The Labute approximate surface area is 133 Å². The Morgan fingerprint density at radius 2 is 1.91 bits per heavy atom. The highest BCUT2D eigenvalue weighted by Gasteiger charge is 2.25. The molecular weight excluding hydrogens is 276 g/mol. The number of hydrogen-bond acceptors (Lipinski definition) is 3. The number of rotatable bonds is 4. The minimum absolute atomic E-state index is 0.0477. The summed E-state index contributed by atoms with van der Waals surface area (Å²) >= 11 is 0. The molecule has 1 aliphatic rings. The van der Waals surface area contributed by atoms with Crippen LogP contribution in [-0.2, 0) is 11.4 Å². The van der Waals surface area contributed by atoms with Crippen molar-refractivity contribution in [3.05, 3.63) is 29.8 Å². The van der Waals surface area contributed by atoms with Crippen LogP contribution in [0.25, 0.3) is 0 Å². The summed E-state index contributed by atoms with van der Waals surface area (Å²) in [6.07, 6.45) is 2.52. The van der Waals surface area contributed by atoms with Crippen LogP contribution >= 0.6 is 0 Å². The van der Waals surface area contributed by atoms with Gasteiger partial charge in [-0.3, -0.25) is 4.79 Å². The molecule has 1 aliphatic heterocycles. The van der Waals surface area contributed by atoms with E-state index in [4.69, 9.17) is 0 Å². The molecule has 1 aromatic rings. The molecule has 2 rings (SSSR count). The van der Waals surface area contributed by atoms with Crippen LogP contribution in [0.2, 0.25) is 0 Å². The first-order chi connectivity index (χ1) is 10.4. The lowest BCUT2D eigenvalue weighted by atomic mass is 9.91. The van der Waals surface area contributed by atoms with Crippen LogP contribution in [-0.4, -0.2) is 35.0 Å². The Hall–Kier alpha value is -1.55. The number of carbonyl (C=O) groups excluding carboxylic acids is 1. The number of amides is 1. The smallest absolute Gasteiger partial charge is 0.223 e. The number of piperidine rings is 1. The van der Waals surface area contributed by atoms with Gasteiger partial charge in [-0.2, -0.15) is 0 Å². The second-order valence-electron chi connectivity index (χ2n) is 7.35. The lowest BCUT2D eigenvalue weighted by Crippen LogP contribution is -2.43. The average Bonchev–Trinajstić information content (AvgIpc) is 2.47. The molecule has 2 N–H and O–H groups in total. The summed E-state index contributed by atoms with van der Waals surface area (Å²) in [6, 6.07) is 8.22. The summed E-state index contributed by atoms with van der Waals surface area (Å²) < 4.78 is 0. The Morgan fingerprint density at radius 3 is 2.50 bits per heavy atom. The third-order valence-corrected chi connectivity index (χ3v) is 4.08. The fourth-order valence-corrected chi connectivity index (χ4v) is 2.86. The van der Waals surface area contributed by atoms with E-state index in [2.05, 4.69) is 26.1 Å². The molecule has 22 heavy (non-hydrogen) atoms. The molecule has 0 unspecified atom stereocenters. The fourth-order valence-electron chi connectivity index (χ4n) is 2.86. The molecule has 1 amide bonds. The van der Waals surface area contributed by atoms with E-state index in [-0.39, 0.29) is 17.9 Å². The summed E-state index contributed by atoms with van der Waals surface area (Å²) in [5.74, 6) is 0.265. The molecule has 1 aromatic carbocycles. The van der Waals surface area contributed by atoms with E-state index in [9.17, 15) is 9.90 Å². The number of carbonyl (C=O) groups is 1. The zero-order valence-corrected chi connectivity index (χ0v) is 13.9. The molecule has 0 atom stereocenters. The van der Waals surface area contributed by atoms with Gasteiger partial charge in [-0.25, -0.2) is 0 Å². The Bertz CT molecular complexity index is 500. The predicted octanol–water partition coefficient (Wildman–Crippen LogP) is 3.02. The van der Waals surface area contributed by atoms with Crippen LogP contribution in [0.15, 0.2) is 24.3 Å². The number of para-hydroxylation sites is 1. The topological polar surface area (TPSA) is 52.6 Å². The quantitative estimate of drug-likeness (QED) is 0.899. The van der Waals surface area contributed by atoms with Crippen LogP contribution in [0.1, 0.15) is 45.6 Å². The molecule has 1 heterocycles. The molecule has 1 fully saturated rings. The minimum atomic E-state index is 0.0477. The third kappa shape index (κ3) is 4.73. The van der Waals surface area contributed by atoms with Gasteiger partial charge in [0.05, 0.1) is 6.61 Å². The van der Waals surface area contributed by atoms with Gasteiger partial charge in [-0.05, 0) is 24.3 Å². The van der Waals surface area contributed by atoms with Crippen molar-refractivity contribution in [3.8, 4) is 0 Å². The van der Waals surface area contributed by atoms with E-state index in [0.717, 1.165) is 37.2 Å². The molecule has 0 aromatic heterocycles.